The van der Waals surface area contributed by atoms with Crippen molar-refractivity contribution in [2.24, 2.45) is 0 Å². The average Bonchev–Trinajstić information content (AvgIpc) is 4.07. The van der Waals surface area contributed by atoms with Gasteiger partial charge in [0.2, 0.25) is 0 Å². The smallest absolute Gasteiger partial charge is 0.0722 e. The largest absolute Gasteiger partial charge is 0.309 e. The van der Waals surface area contributed by atoms with Gasteiger partial charge in [0, 0.05) is 22.3 Å². The molecule has 0 amide bonds. The zero-order chi connectivity index (χ0) is 45.0. The Labute approximate surface area is 395 Å². The van der Waals surface area contributed by atoms with Crippen LogP contribution in [0.3, 0.4) is 0 Å². The topological polar surface area (TPSA) is 22.8 Å². The summed E-state index contributed by atoms with van der Waals surface area (Å²) in [6.07, 6.45) is 0. The summed E-state index contributed by atoms with van der Waals surface area (Å²) in [5, 5.41) is 8.12. The van der Waals surface area contributed by atoms with Crippen molar-refractivity contribution in [3.05, 3.63) is 261 Å². The van der Waals surface area contributed by atoms with Crippen molar-refractivity contribution >= 4 is 43.2 Å². The van der Waals surface area contributed by atoms with E-state index in [4.69, 9.17) is 4.98 Å². The van der Waals surface area contributed by atoms with Gasteiger partial charge in [0.15, 0.2) is 0 Å². The fourth-order valence-electron chi connectivity index (χ4n) is 10.5. The third kappa shape index (κ3) is 6.63. The second-order valence-corrected chi connectivity index (χ2v) is 17.5. The molecule has 0 saturated carbocycles. The van der Waals surface area contributed by atoms with E-state index in [-0.39, 0.29) is 0 Å². The lowest BCUT2D eigenvalue weighted by Gasteiger charge is -2.22. The van der Waals surface area contributed by atoms with E-state index in [9.17, 15) is 0 Å². The Hall–Kier alpha value is -9.05. The molecule has 0 bridgehead atoms. The van der Waals surface area contributed by atoms with Gasteiger partial charge in [-0.1, -0.05) is 200 Å². The fourth-order valence-corrected chi connectivity index (χ4v) is 10.5. The van der Waals surface area contributed by atoms with E-state index < -0.39 is 0 Å². The van der Waals surface area contributed by atoms with Crippen LogP contribution >= 0.6 is 0 Å². The molecule has 318 valence electrons. The highest BCUT2D eigenvalue weighted by Crippen LogP contribution is 2.48. The summed E-state index contributed by atoms with van der Waals surface area (Å²) in [4.78, 5) is 5.49. The first kappa shape index (κ1) is 39.3. The van der Waals surface area contributed by atoms with E-state index in [0.717, 1.165) is 100 Å². The van der Waals surface area contributed by atoms with Crippen molar-refractivity contribution in [1.29, 1.82) is 0 Å². The molecular weight excluding hydrogens is 823 g/mol. The number of pyridine rings is 1. The molecule has 13 rings (SSSR count). The highest BCUT2D eigenvalue weighted by Gasteiger charge is 2.23. The van der Waals surface area contributed by atoms with Gasteiger partial charge in [0.1, 0.15) is 0 Å². The summed E-state index contributed by atoms with van der Waals surface area (Å²) >= 11 is 0. The molecular formula is C65H43N3. The normalized spacial score (nSPS) is 11.5. The number of nitrogens with zero attached hydrogens (tertiary/aromatic N) is 3. The van der Waals surface area contributed by atoms with E-state index in [2.05, 4.69) is 270 Å². The predicted molar refractivity (Wildman–Crippen MR) is 286 cm³/mol. The fraction of sp³-hybridized carbons (Fsp3) is 0. The number of fused-ring (bicyclic) bond motifs is 4. The molecule has 0 fully saturated rings. The number of para-hydroxylation sites is 1. The lowest BCUT2D eigenvalue weighted by Crippen LogP contribution is -2.02. The molecule has 3 aromatic heterocycles. The highest BCUT2D eigenvalue weighted by atomic mass is 15.0. The van der Waals surface area contributed by atoms with Gasteiger partial charge >= 0.3 is 0 Å². The Morgan fingerprint density at radius 3 is 1.22 bits per heavy atom. The third-order valence-corrected chi connectivity index (χ3v) is 13.6. The van der Waals surface area contributed by atoms with Gasteiger partial charge in [-0.2, -0.15) is 0 Å². The monoisotopic (exact) mass is 865 g/mol. The maximum atomic E-state index is 5.49. The summed E-state index contributed by atoms with van der Waals surface area (Å²) < 4.78 is 4.86. The van der Waals surface area contributed by atoms with Crippen LogP contribution in [-0.2, 0) is 0 Å². The highest BCUT2D eigenvalue weighted by molar-refractivity contribution is 6.24. The van der Waals surface area contributed by atoms with Gasteiger partial charge in [-0.25, -0.2) is 4.98 Å². The minimum atomic E-state index is 0.933. The second kappa shape index (κ2) is 16.4. The van der Waals surface area contributed by atoms with E-state index in [0.29, 0.717) is 0 Å². The molecule has 0 atom stereocenters. The van der Waals surface area contributed by atoms with Crippen LogP contribution in [0.5, 0.6) is 0 Å². The van der Waals surface area contributed by atoms with Crippen molar-refractivity contribution in [3.63, 3.8) is 0 Å². The van der Waals surface area contributed by atoms with Crippen molar-refractivity contribution in [2.75, 3.05) is 0 Å². The van der Waals surface area contributed by atoms with Gasteiger partial charge in [0.05, 0.1) is 34.0 Å². The molecule has 0 saturated heterocycles. The maximum Gasteiger partial charge on any atom is 0.0722 e. The van der Waals surface area contributed by atoms with E-state index in [1.165, 1.54) is 21.9 Å². The average molecular weight is 866 g/mol. The summed E-state index contributed by atoms with van der Waals surface area (Å²) in [5.74, 6) is 0. The Bertz CT molecular complexity index is 3880. The first-order valence-electron chi connectivity index (χ1n) is 23.3. The quantitative estimate of drug-likeness (QED) is 0.140. The first-order chi connectivity index (χ1) is 33.7. The van der Waals surface area contributed by atoms with Crippen LogP contribution in [-0.4, -0.2) is 14.1 Å². The van der Waals surface area contributed by atoms with E-state index in [1.54, 1.807) is 0 Å². The SMILES string of the molecule is c1ccc(-c2ccc(-c3ccccc3)n2-c2ccc3c(-c4cccc5ccccc45)c4cc(-n5c(-c6ccccc6)ccc5-c5ccccc5)ccc4c(-c4ccc5ccccc5n4)c3c2)cc1. The Morgan fingerprint density at radius 2 is 0.691 bits per heavy atom. The van der Waals surface area contributed by atoms with Crippen LogP contribution in [0.25, 0.3) is 122 Å². The number of rotatable bonds is 8. The van der Waals surface area contributed by atoms with Crippen molar-refractivity contribution in [1.82, 2.24) is 14.1 Å². The zero-order valence-electron chi connectivity index (χ0n) is 37.2. The third-order valence-electron chi connectivity index (χ3n) is 13.6. The Kier molecular flexibility index (Phi) is 9.50. The van der Waals surface area contributed by atoms with Gasteiger partial charge in [-0.05, 0) is 126 Å². The molecule has 0 spiro atoms. The summed E-state index contributed by atoms with van der Waals surface area (Å²) in [6.45, 7) is 0. The lowest BCUT2D eigenvalue weighted by molar-refractivity contribution is 1.10. The van der Waals surface area contributed by atoms with Gasteiger partial charge < -0.3 is 9.13 Å². The lowest BCUT2D eigenvalue weighted by atomic mass is 9.85. The molecule has 0 aliphatic rings. The summed E-state index contributed by atoms with van der Waals surface area (Å²) in [7, 11) is 0. The molecule has 0 radical (unpaired) electrons. The molecule has 10 aromatic carbocycles. The van der Waals surface area contributed by atoms with E-state index in [1.807, 2.05) is 0 Å². The molecule has 3 heterocycles. The first-order valence-corrected chi connectivity index (χ1v) is 23.3. The van der Waals surface area contributed by atoms with Gasteiger partial charge in [-0.15, -0.1) is 0 Å². The molecule has 3 nitrogen and oxygen atoms in total. The van der Waals surface area contributed by atoms with Crippen LogP contribution in [0.2, 0.25) is 0 Å². The standard InChI is InChI=1S/C65H43N3/c1-5-20-46(21-6-1)60-38-39-61(47-22-7-2-8-23-47)67(60)50-34-36-55-56(42-50)64(53-30-17-28-44-18-13-15-29-52(44)53)54-35-33-51(43-57(54)65(55)59-37-32-45-19-14-16-31-58(45)66-59)68-62(48-24-9-3-10-25-48)40-41-63(68)49-26-11-4-12-27-49/h1-43H. The van der Waals surface area contributed by atoms with Gasteiger partial charge in [-0.3, -0.25) is 0 Å². The predicted octanol–water partition coefficient (Wildman–Crippen LogP) is 17.3. The van der Waals surface area contributed by atoms with E-state index >= 15 is 0 Å². The summed E-state index contributed by atoms with van der Waals surface area (Å²) in [6, 6.07) is 94.5. The van der Waals surface area contributed by atoms with Crippen molar-refractivity contribution in [3.8, 4) is 78.8 Å². The van der Waals surface area contributed by atoms with Crippen LogP contribution < -0.4 is 0 Å². The second-order valence-electron chi connectivity index (χ2n) is 17.5. The molecule has 3 heteroatoms. The van der Waals surface area contributed by atoms with Crippen LogP contribution in [0, 0.1) is 0 Å². The van der Waals surface area contributed by atoms with Crippen molar-refractivity contribution in [2.45, 2.75) is 0 Å². The van der Waals surface area contributed by atoms with Crippen LogP contribution in [0.15, 0.2) is 261 Å². The molecule has 0 aliphatic heterocycles. The molecule has 0 N–H and O–H groups in total. The van der Waals surface area contributed by atoms with Gasteiger partial charge in [0.25, 0.3) is 0 Å². The molecule has 0 aliphatic carbocycles. The number of hydrogen-bond acceptors (Lipinski definition) is 1. The number of hydrogen-bond donors (Lipinski definition) is 0. The zero-order valence-corrected chi connectivity index (χ0v) is 37.2. The number of aromatic nitrogens is 3. The van der Waals surface area contributed by atoms with Crippen LogP contribution in [0.4, 0.5) is 0 Å². The maximum absolute atomic E-state index is 5.49. The minimum Gasteiger partial charge on any atom is -0.309 e. The molecule has 13 aromatic rings. The number of benzene rings is 10. The van der Waals surface area contributed by atoms with Crippen LogP contribution in [0.1, 0.15) is 0 Å². The molecule has 68 heavy (non-hydrogen) atoms. The Balaban J connectivity index is 1.17. The Morgan fingerprint density at radius 1 is 0.265 bits per heavy atom. The minimum absolute atomic E-state index is 0.933. The molecule has 0 unspecified atom stereocenters. The summed E-state index contributed by atoms with van der Waals surface area (Å²) in [5.41, 5.74) is 16.7. The van der Waals surface area contributed by atoms with Crippen molar-refractivity contribution < 1.29 is 0 Å².